The highest BCUT2D eigenvalue weighted by atomic mass is 32.2. The van der Waals surface area contributed by atoms with Crippen molar-refractivity contribution in [2.24, 2.45) is 17.8 Å². The van der Waals surface area contributed by atoms with Crippen LogP contribution in [0.4, 0.5) is 20.2 Å². The Hall–Kier alpha value is -4.20. The molecule has 1 saturated heterocycles. The lowest BCUT2D eigenvalue weighted by Crippen LogP contribution is -2.71. The zero-order valence-corrected chi connectivity index (χ0v) is 28.1. The van der Waals surface area contributed by atoms with E-state index < -0.39 is 33.8 Å². The predicted octanol–water partition coefficient (Wildman–Crippen LogP) is 5.00. The highest BCUT2D eigenvalue weighted by Gasteiger charge is 2.47. The molecule has 5 atom stereocenters. The number of benzene rings is 3. The van der Waals surface area contributed by atoms with Gasteiger partial charge in [0, 0.05) is 42.8 Å². The maximum Gasteiger partial charge on any atom is 0.321 e. The van der Waals surface area contributed by atoms with Gasteiger partial charge in [-0.25, -0.2) is 8.42 Å². The van der Waals surface area contributed by atoms with E-state index in [1.54, 1.807) is 49.4 Å². The molecule has 13 heteroatoms. The number of sulfone groups is 1. The minimum atomic E-state index is -3.58. The standard InChI is InChI=1S/C36H39F2N3O7S/c1-21(40-35(43)36(2,37)38)34(23-6-7-24-18-46-20-47-33(24)16-23)48-29-8-9-31(27(13-29)17-39)41-28-5-3-4-22(12-28)32(42)15-26-14-30(26)25-10-11-49(44,45)19-25/h3-9,12-13,16-17,21,25-26,30,34,39,41H,10-11,14-15,18-20H2,1-2H3,(H,40,43)/p+1/t21-,25?,26?,30?,34-/m0/s1. The van der Waals surface area contributed by atoms with E-state index in [2.05, 4.69) is 5.32 Å². The van der Waals surface area contributed by atoms with Gasteiger partial charge in [0.25, 0.3) is 5.91 Å². The molecule has 260 valence electrons. The molecular weight excluding hydrogens is 656 g/mol. The van der Waals surface area contributed by atoms with Gasteiger partial charge in [0.2, 0.25) is 0 Å². The van der Waals surface area contributed by atoms with Crippen LogP contribution in [0, 0.1) is 23.2 Å². The quantitative estimate of drug-likeness (QED) is 0.129. The Bertz CT molecular complexity index is 1860. The molecule has 1 saturated carbocycles. The molecule has 6 rings (SSSR count). The molecule has 4 N–H and O–H groups in total. The topological polar surface area (TPSA) is 148 Å². The number of Topliss-reactive ketones (excluding diaryl/α,β-unsaturated/α-hetero) is 1. The summed E-state index contributed by atoms with van der Waals surface area (Å²) >= 11 is 0. The summed E-state index contributed by atoms with van der Waals surface area (Å²) in [6.45, 7) is 2.55. The fourth-order valence-corrected chi connectivity index (χ4v) is 8.63. The van der Waals surface area contributed by atoms with Crippen molar-refractivity contribution in [3.05, 3.63) is 82.9 Å². The predicted molar refractivity (Wildman–Crippen MR) is 178 cm³/mol. The normalized spacial score (nSPS) is 22.2. The van der Waals surface area contributed by atoms with Crippen LogP contribution in [-0.4, -0.2) is 56.6 Å². The van der Waals surface area contributed by atoms with Gasteiger partial charge in [0.15, 0.2) is 22.4 Å². The summed E-state index contributed by atoms with van der Waals surface area (Å²) in [5, 5.41) is 12.3. The lowest BCUT2D eigenvalue weighted by molar-refractivity contribution is -0.478. The molecule has 3 unspecified atom stereocenters. The van der Waals surface area contributed by atoms with Crippen molar-refractivity contribution in [2.75, 3.05) is 18.3 Å². The molecule has 0 radical (unpaired) electrons. The van der Waals surface area contributed by atoms with Crippen LogP contribution in [0.25, 0.3) is 0 Å². The fraction of sp³-hybridized carbons (Fsp3) is 0.417. The Morgan fingerprint density at radius 1 is 1.16 bits per heavy atom. The second-order valence-corrected chi connectivity index (χ2v) is 15.6. The van der Waals surface area contributed by atoms with Gasteiger partial charge in [-0.2, -0.15) is 8.78 Å². The van der Waals surface area contributed by atoms with Crippen LogP contribution in [0.1, 0.15) is 66.3 Å². The first-order valence-electron chi connectivity index (χ1n) is 16.3. The van der Waals surface area contributed by atoms with Crippen molar-refractivity contribution >= 4 is 39.1 Å². The van der Waals surface area contributed by atoms with Gasteiger partial charge in [0.1, 0.15) is 29.0 Å². The number of halogens is 2. The van der Waals surface area contributed by atoms with Crippen LogP contribution in [0.5, 0.6) is 11.5 Å². The molecule has 0 bridgehead atoms. The van der Waals surface area contributed by atoms with Crippen LogP contribution < -0.4 is 20.1 Å². The third-order valence-corrected chi connectivity index (χ3v) is 11.3. The number of hydrogen-bond acceptors (Lipinski definition) is 8. The number of ether oxygens (including phenoxy) is 3. The molecule has 1 amide bonds. The number of hydrogen-bond donors (Lipinski definition) is 3. The summed E-state index contributed by atoms with van der Waals surface area (Å²) in [5.41, 5.74) is 3.97. The molecule has 3 aromatic carbocycles. The Labute approximate surface area is 284 Å². The number of quaternary nitrogens is 1. The number of alkyl halides is 2. The second kappa shape index (κ2) is 14.0. The molecule has 10 nitrogen and oxygen atoms in total. The largest absolute Gasteiger partial charge is 0.484 e. The van der Waals surface area contributed by atoms with Crippen molar-refractivity contribution in [1.29, 1.82) is 5.41 Å². The average Bonchev–Trinajstić information content (AvgIpc) is 3.74. The van der Waals surface area contributed by atoms with Crippen LogP contribution >= 0.6 is 0 Å². The molecule has 0 spiro atoms. The summed E-state index contributed by atoms with van der Waals surface area (Å²) < 4.78 is 68.6. The Morgan fingerprint density at radius 3 is 2.71 bits per heavy atom. The summed E-state index contributed by atoms with van der Waals surface area (Å²) in [6.07, 6.45) is 2.26. The molecule has 2 fully saturated rings. The Balaban J connectivity index is 1.16. The average molecular weight is 697 g/mol. The smallest absolute Gasteiger partial charge is 0.321 e. The number of fused-ring (bicyclic) bond motifs is 1. The maximum atomic E-state index is 13.8. The lowest BCUT2D eigenvalue weighted by Gasteiger charge is -2.28. The number of amides is 1. The molecule has 1 aliphatic carbocycles. The minimum absolute atomic E-state index is 0.0211. The molecule has 2 aliphatic heterocycles. The van der Waals surface area contributed by atoms with E-state index in [0.29, 0.717) is 66.2 Å². The van der Waals surface area contributed by atoms with Gasteiger partial charge in [-0.1, -0.05) is 24.3 Å². The summed E-state index contributed by atoms with van der Waals surface area (Å²) in [6, 6.07) is 16.8. The van der Waals surface area contributed by atoms with Gasteiger partial charge >= 0.3 is 5.92 Å². The van der Waals surface area contributed by atoms with E-state index in [9.17, 15) is 26.8 Å². The molecule has 3 aromatic rings. The lowest BCUT2D eigenvalue weighted by atomic mass is 9.98. The fourth-order valence-electron chi connectivity index (χ4n) is 6.74. The van der Waals surface area contributed by atoms with Gasteiger partial charge in [-0.05, 0) is 67.3 Å². The zero-order chi connectivity index (χ0) is 34.9. The monoisotopic (exact) mass is 696 g/mol. The highest BCUT2D eigenvalue weighted by Crippen LogP contribution is 2.50. The maximum absolute atomic E-state index is 13.8. The van der Waals surface area contributed by atoms with Gasteiger partial charge < -0.3 is 24.9 Å². The van der Waals surface area contributed by atoms with Crippen LogP contribution in [0.15, 0.2) is 60.7 Å². The molecule has 3 aliphatic rings. The van der Waals surface area contributed by atoms with E-state index in [1.165, 1.54) is 6.21 Å². The van der Waals surface area contributed by atoms with Crippen molar-refractivity contribution in [3.63, 3.8) is 0 Å². The number of ketones is 1. The number of rotatable bonds is 13. The van der Waals surface area contributed by atoms with Crippen LogP contribution in [0.3, 0.4) is 0 Å². The van der Waals surface area contributed by atoms with Crippen molar-refractivity contribution < 1.29 is 46.3 Å². The molecule has 49 heavy (non-hydrogen) atoms. The highest BCUT2D eigenvalue weighted by molar-refractivity contribution is 7.91. The van der Waals surface area contributed by atoms with E-state index in [4.69, 9.17) is 19.6 Å². The first kappa shape index (κ1) is 34.7. The zero-order valence-electron chi connectivity index (χ0n) is 27.3. The van der Waals surface area contributed by atoms with Gasteiger partial charge in [-0.3, -0.25) is 14.9 Å². The van der Waals surface area contributed by atoms with Crippen molar-refractivity contribution in [3.8, 4) is 11.5 Å². The van der Waals surface area contributed by atoms with E-state index in [-0.39, 0.29) is 35.9 Å². The Kier molecular flexibility index (Phi) is 9.88. The molecule has 0 aromatic heterocycles. The summed E-state index contributed by atoms with van der Waals surface area (Å²) in [5.74, 6) is -2.90. The molecular formula is C36H40F2N3O7S+. The van der Waals surface area contributed by atoms with Crippen LogP contribution in [-0.2, 0) is 26.0 Å². The third-order valence-electron chi connectivity index (χ3n) is 9.49. The number of nitrogens with two attached hydrogens (primary N) is 1. The van der Waals surface area contributed by atoms with E-state index >= 15 is 0 Å². The van der Waals surface area contributed by atoms with E-state index in [1.807, 2.05) is 23.5 Å². The number of carbonyl (C=O) groups excluding carboxylic acids is 2. The van der Waals surface area contributed by atoms with Crippen molar-refractivity contribution in [1.82, 2.24) is 5.32 Å². The Morgan fingerprint density at radius 2 is 1.98 bits per heavy atom. The van der Waals surface area contributed by atoms with Crippen LogP contribution in [0.2, 0.25) is 0 Å². The third kappa shape index (κ3) is 8.34. The van der Waals surface area contributed by atoms with E-state index in [0.717, 1.165) is 17.7 Å². The van der Waals surface area contributed by atoms with Gasteiger partial charge in [-0.15, -0.1) is 0 Å². The SMILES string of the molecule is C[C@H](NC(=O)C(C)(F)F)[C@H](Oc1ccc([NH2+]c2cccc(C(=O)CC3CC3C3CCS(=O)(=O)C3)c2)c(C=N)c1)c1ccc2c(c1)OCOC2. The summed E-state index contributed by atoms with van der Waals surface area (Å²) in [7, 11) is -2.95. The number of nitrogens with one attached hydrogen (secondary N) is 2. The van der Waals surface area contributed by atoms with Gasteiger partial charge in [0.05, 0.1) is 29.7 Å². The van der Waals surface area contributed by atoms with Crippen molar-refractivity contribution in [2.45, 2.75) is 57.8 Å². The summed E-state index contributed by atoms with van der Waals surface area (Å²) in [4.78, 5) is 25.4. The first-order valence-corrected chi connectivity index (χ1v) is 18.1. The minimum Gasteiger partial charge on any atom is -0.484 e. The number of carbonyl (C=O) groups is 2. The first-order chi connectivity index (χ1) is 23.3. The second-order valence-electron chi connectivity index (χ2n) is 13.3. The molecule has 2 heterocycles.